The van der Waals surface area contributed by atoms with Crippen molar-refractivity contribution in [2.24, 2.45) is 0 Å². The van der Waals surface area contributed by atoms with E-state index in [0.29, 0.717) is 11.0 Å². The number of imidazole rings is 1. The Hall–Kier alpha value is -1.22. The molecule has 0 aliphatic rings. The smallest absolute Gasteiger partial charge is 0.205 e. The van der Waals surface area contributed by atoms with E-state index in [1.54, 1.807) is 4.40 Å². The summed E-state index contributed by atoms with van der Waals surface area (Å²) < 4.78 is 1.78. The quantitative estimate of drug-likeness (QED) is 0.675. The van der Waals surface area contributed by atoms with Crippen LogP contribution in [0.5, 0.6) is 0 Å². The number of hydrogen-bond acceptors (Lipinski definition) is 2. The molecule has 12 heavy (non-hydrogen) atoms. The van der Waals surface area contributed by atoms with Gasteiger partial charge in [0.05, 0.1) is 16.2 Å². The number of anilines is 1. The van der Waals surface area contributed by atoms with Crippen molar-refractivity contribution in [3.05, 3.63) is 29.0 Å². The van der Waals surface area contributed by atoms with Crippen LogP contribution in [0.3, 0.4) is 0 Å². The minimum absolute atomic E-state index is 0.477. The summed E-state index contributed by atoms with van der Waals surface area (Å²) in [6, 6.07) is 3.66. The predicted octanol–water partition coefficient (Wildman–Crippen LogP) is 1.88. The Bertz CT molecular complexity index is 433. The lowest BCUT2D eigenvalue weighted by molar-refractivity contribution is 1.17. The maximum atomic E-state index is 5.96. The van der Waals surface area contributed by atoms with Crippen LogP contribution in [0.4, 0.5) is 5.95 Å². The molecule has 0 spiro atoms. The average Bonchev–Trinajstić information content (AvgIpc) is 2.29. The highest BCUT2D eigenvalue weighted by molar-refractivity contribution is 6.34. The summed E-state index contributed by atoms with van der Waals surface area (Å²) in [5.41, 5.74) is 7.38. The Morgan fingerprint density at radius 1 is 1.58 bits per heavy atom. The number of fused-ring (bicyclic) bond motifs is 1. The number of nitrogens with zero attached hydrogens (tertiary/aromatic N) is 2. The first kappa shape index (κ1) is 7.43. The van der Waals surface area contributed by atoms with Crippen LogP contribution in [0.2, 0.25) is 5.02 Å². The third-order valence-corrected chi connectivity index (χ3v) is 2.12. The van der Waals surface area contributed by atoms with Crippen molar-refractivity contribution in [1.82, 2.24) is 9.38 Å². The van der Waals surface area contributed by atoms with Crippen LogP contribution in [0, 0.1) is 6.92 Å². The van der Waals surface area contributed by atoms with Crippen LogP contribution in [-0.4, -0.2) is 9.38 Å². The van der Waals surface area contributed by atoms with Gasteiger partial charge in [0.15, 0.2) is 0 Å². The lowest BCUT2D eigenvalue weighted by atomic mass is 10.3. The van der Waals surface area contributed by atoms with Crippen LogP contribution in [0.25, 0.3) is 5.52 Å². The summed E-state index contributed by atoms with van der Waals surface area (Å²) in [7, 11) is 0. The van der Waals surface area contributed by atoms with Crippen molar-refractivity contribution >= 4 is 23.1 Å². The van der Waals surface area contributed by atoms with Gasteiger partial charge in [0.2, 0.25) is 5.95 Å². The maximum Gasteiger partial charge on any atom is 0.205 e. The molecule has 2 aromatic heterocycles. The molecule has 62 valence electrons. The molecule has 0 radical (unpaired) electrons. The normalized spacial score (nSPS) is 10.8. The maximum absolute atomic E-state index is 5.96. The number of halogens is 1. The van der Waals surface area contributed by atoms with Crippen LogP contribution >= 0.6 is 11.6 Å². The van der Waals surface area contributed by atoms with Gasteiger partial charge < -0.3 is 5.73 Å². The molecule has 2 aromatic rings. The molecule has 3 nitrogen and oxygen atoms in total. The zero-order valence-electron chi connectivity index (χ0n) is 6.58. The van der Waals surface area contributed by atoms with Crippen LogP contribution < -0.4 is 5.73 Å². The molecule has 0 amide bonds. The van der Waals surface area contributed by atoms with Crippen molar-refractivity contribution in [3.63, 3.8) is 0 Å². The first-order chi connectivity index (χ1) is 5.70. The SMILES string of the molecule is Cc1nc(N)n2cccc(Cl)c12. The Morgan fingerprint density at radius 3 is 3.00 bits per heavy atom. The Morgan fingerprint density at radius 2 is 2.33 bits per heavy atom. The van der Waals surface area contributed by atoms with E-state index in [0.717, 1.165) is 11.2 Å². The molecule has 2 rings (SSSR count). The predicted molar refractivity (Wildman–Crippen MR) is 49.4 cm³/mol. The molecular formula is C8H8ClN3. The fourth-order valence-electron chi connectivity index (χ4n) is 1.30. The lowest BCUT2D eigenvalue weighted by Crippen LogP contribution is -1.92. The molecule has 0 saturated carbocycles. The zero-order chi connectivity index (χ0) is 8.72. The number of hydrogen-bond donors (Lipinski definition) is 1. The number of aryl methyl sites for hydroxylation is 1. The first-order valence-electron chi connectivity index (χ1n) is 3.59. The highest BCUT2D eigenvalue weighted by Crippen LogP contribution is 2.22. The topological polar surface area (TPSA) is 43.3 Å². The third-order valence-electron chi connectivity index (χ3n) is 1.82. The fraction of sp³-hybridized carbons (Fsp3) is 0.125. The van der Waals surface area contributed by atoms with Crippen LogP contribution in [0.1, 0.15) is 5.69 Å². The van der Waals surface area contributed by atoms with Gasteiger partial charge in [-0.1, -0.05) is 11.6 Å². The fourth-order valence-corrected chi connectivity index (χ4v) is 1.60. The van der Waals surface area contributed by atoms with E-state index in [1.807, 2.05) is 25.3 Å². The average molecular weight is 182 g/mol. The summed E-state index contributed by atoms with van der Waals surface area (Å²) in [6.07, 6.45) is 1.84. The second kappa shape index (κ2) is 2.38. The second-order valence-corrected chi connectivity index (χ2v) is 3.04. The molecule has 0 aliphatic heterocycles. The van der Waals surface area contributed by atoms with E-state index in [2.05, 4.69) is 4.98 Å². The van der Waals surface area contributed by atoms with E-state index < -0.39 is 0 Å². The van der Waals surface area contributed by atoms with E-state index in [-0.39, 0.29) is 0 Å². The van der Waals surface area contributed by atoms with Gasteiger partial charge in [0.1, 0.15) is 0 Å². The number of nitrogens with two attached hydrogens (primary N) is 1. The van der Waals surface area contributed by atoms with E-state index >= 15 is 0 Å². The molecule has 0 bridgehead atoms. The van der Waals surface area contributed by atoms with Crippen molar-refractivity contribution in [1.29, 1.82) is 0 Å². The summed E-state index contributed by atoms with van der Waals surface area (Å²) in [5.74, 6) is 0.477. The zero-order valence-corrected chi connectivity index (χ0v) is 7.34. The van der Waals surface area contributed by atoms with Gasteiger partial charge in [-0.2, -0.15) is 0 Å². The molecule has 2 heterocycles. The Labute approximate surface area is 74.8 Å². The van der Waals surface area contributed by atoms with Gasteiger partial charge in [-0.05, 0) is 19.1 Å². The highest BCUT2D eigenvalue weighted by Gasteiger charge is 2.06. The monoisotopic (exact) mass is 181 g/mol. The van der Waals surface area contributed by atoms with Crippen molar-refractivity contribution in [3.8, 4) is 0 Å². The summed E-state index contributed by atoms with van der Waals surface area (Å²) in [4.78, 5) is 4.11. The summed E-state index contributed by atoms with van der Waals surface area (Å²) in [6.45, 7) is 1.89. The van der Waals surface area contributed by atoms with E-state index in [4.69, 9.17) is 17.3 Å². The second-order valence-electron chi connectivity index (χ2n) is 2.63. The molecule has 0 saturated heterocycles. The summed E-state index contributed by atoms with van der Waals surface area (Å²) >= 11 is 5.96. The van der Waals surface area contributed by atoms with E-state index in [1.165, 1.54) is 0 Å². The highest BCUT2D eigenvalue weighted by atomic mass is 35.5. The van der Waals surface area contributed by atoms with Gasteiger partial charge >= 0.3 is 0 Å². The largest absolute Gasteiger partial charge is 0.369 e. The molecular weight excluding hydrogens is 174 g/mol. The molecule has 0 aromatic carbocycles. The lowest BCUT2D eigenvalue weighted by Gasteiger charge is -1.96. The van der Waals surface area contributed by atoms with Crippen molar-refractivity contribution < 1.29 is 0 Å². The molecule has 4 heteroatoms. The molecule has 0 atom stereocenters. The van der Waals surface area contributed by atoms with Gasteiger partial charge in [-0.25, -0.2) is 4.98 Å². The Kier molecular flexibility index (Phi) is 1.48. The number of rotatable bonds is 0. The number of pyridine rings is 1. The molecule has 0 fully saturated rings. The van der Waals surface area contributed by atoms with Gasteiger partial charge in [-0.3, -0.25) is 4.40 Å². The van der Waals surface area contributed by atoms with Gasteiger partial charge in [0.25, 0.3) is 0 Å². The standard InChI is InChI=1S/C8H8ClN3/c1-5-7-6(9)3-2-4-12(7)8(10)11-5/h2-4H,1H3,(H2,10,11). The molecule has 0 aliphatic carbocycles. The first-order valence-corrected chi connectivity index (χ1v) is 3.96. The third kappa shape index (κ3) is 0.865. The van der Waals surface area contributed by atoms with E-state index in [9.17, 15) is 0 Å². The van der Waals surface area contributed by atoms with Crippen molar-refractivity contribution in [2.75, 3.05) is 5.73 Å². The van der Waals surface area contributed by atoms with Crippen molar-refractivity contribution in [2.45, 2.75) is 6.92 Å². The van der Waals surface area contributed by atoms with Gasteiger partial charge in [-0.15, -0.1) is 0 Å². The number of aromatic nitrogens is 2. The minimum atomic E-state index is 0.477. The summed E-state index contributed by atoms with van der Waals surface area (Å²) in [5, 5.41) is 0.680. The van der Waals surface area contributed by atoms with Crippen LogP contribution in [0.15, 0.2) is 18.3 Å². The molecule has 2 N–H and O–H groups in total. The number of nitrogen functional groups attached to an aromatic ring is 1. The molecule has 0 unspecified atom stereocenters. The Balaban J connectivity index is 2.99. The van der Waals surface area contributed by atoms with Crippen LogP contribution in [-0.2, 0) is 0 Å². The minimum Gasteiger partial charge on any atom is -0.369 e. The van der Waals surface area contributed by atoms with Gasteiger partial charge in [0, 0.05) is 6.20 Å².